The minimum absolute atomic E-state index is 0.00608. The smallest absolute Gasteiger partial charge is 0.216 e. The summed E-state index contributed by atoms with van der Waals surface area (Å²) in [7, 11) is 0. The second-order valence-electron chi connectivity index (χ2n) is 6.93. The summed E-state index contributed by atoms with van der Waals surface area (Å²) in [6.07, 6.45) is 1.40. The number of piperidine rings is 1. The van der Waals surface area contributed by atoms with Gasteiger partial charge in [0.2, 0.25) is 5.91 Å². The molecule has 0 saturated carbocycles. The van der Waals surface area contributed by atoms with Gasteiger partial charge in [-0.25, -0.2) is 0 Å². The van der Waals surface area contributed by atoms with Gasteiger partial charge in [-0.3, -0.25) is 9.59 Å². The molecule has 1 atom stereocenters. The lowest BCUT2D eigenvalue weighted by Gasteiger charge is -2.24. The third kappa shape index (κ3) is 4.20. The Morgan fingerprint density at radius 3 is 2.77 bits per heavy atom. The summed E-state index contributed by atoms with van der Waals surface area (Å²) in [6, 6.07) is 14.7. The molecule has 1 heterocycles. The number of rotatable bonds is 5. The van der Waals surface area contributed by atoms with E-state index in [4.69, 9.17) is 0 Å². The molecule has 2 aromatic carbocycles. The van der Waals surface area contributed by atoms with Crippen molar-refractivity contribution in [1.82, 2.24) is 10.6 Å². The third-order valence-electron chi connectivity index (χ3n) is 5.03. The van der Waals surface area contributed by atoms with E-state index in [9.17, 15) is 9.59 Å². The number of benzene rings is 2. The first-order chi connectivity index (χ1) is 12.6. The quantitative estimate of drug-likeness (QED) is 0.872. The fraction of sp³-hybridized carbons (Fsp3) is 0.364. The normalized spacial score (nSPS) is 17.2. The van der Waals surface area contributed by atoms with Gasteiger partial charge in [-0.05, 0) is 41.2 Å². The second-order valence-corrected chi connectivity index (χ2v) is 6.93. The van der Waals surface area contributed by atoms with E-state index in [1.807, 2.05) is 12.1 Å². The number of hydrogen-bond acceptors (Lipinski definition) is 3. The molecule has 1 fully saturated rings. The summed E-state index contributed by atoms with van der Waals surface area (Å²) >= 11 is 0. The van der Waals surface area contributed by atoms with Gasteiger partial charge >= 0.3 is 0 Å². The topological polar surface area (TPSA) is 58.2 Å². The maximum Gasteiger partial charge on any atom is 0.216 e. The Hall–Kier alpha value is -2.46. The fourth-order valence-electron chi connectivity index (χ4n) is 3.66. The van der Waals surface area contributed by atoms with E-state index in [1.165, 1.54) is 18.1 Å². The number of carbonyl (C=O) groups is 2. The molecule has 0 radical (unpaired) electrons. The summed E-state index contributed by atoms with van der Waals surface area (Å²) in [4.78, 5) is 23.4. The zero-order chi connectivity index (χ0) is 18.5. The molecule has 2 aromatic rings. The Kier molecular flexibility index (Phi) is 5.84. The number of Topliss-reactive ketones (excluding diaryl/α,β-unsaturated/α-hetero) is 1. The first kappa shape index (κ1) is 18.3. The summed E-state index contributed by atoms with van der Waals surface area (Å²) in [5.74, 6) is 0.288. The van der Waals surface area contributed by atoms with Crippen molar-refractivity contribution >= 4 is 11.7 Å². The van der Waals surface area contributed by atoms with E-state index >= 15 is 0 Å². The average Bonchev–Trinajstić information content (AvgIpc) is 2.62. The number of carbonyl (C=O) groups excluding carboxylic acids is 2. The van der Waals surface area contributed by atoms with Crippen molar-refractivity contribution < 1.29 is 9.59 Å². The van der Waals surface area contributed by atoms with Gasteiger partial charge in [-0.1, -0.05) is 42.5 Å². The molecule has 2 N–H and O–H groups in total. The molecule has 136 valence electrons. The number of ketones is 1. The highest BCUT2D eigenvalue weighted by Crippen LogP contribution is 2.30. The van der Waals surface area contributed by atoms with Gasteiger partial charge in [0.05, 0.1) is 5.92 Å². The zero-order valence-corrected chi connectivity index (χ0v) is 15.5. The van der Waals surface area contributed by atoms with Crippen LogP contribution in [0.15, 0.2) is 42.5 Å². The minimum Gasteiger partial charge on any atom is -0.356 e. The van der Waals surface area contributed by atoms with Crippen LogP contribution in [0.1, 0.15) is 36.0 Å². The van der Waals surface area contributed by atoms with Crippen LogP contribution >= 0.6 is 0 Å². The highest BCUT2D eigenvalue weighted by molar-refractivity contribution is 5.87. The van der Waals surface area contributed by atoms with E-state index in [0.29, 0.717) is 18.7 Å². The minimum atomic E-state index is -0.0344. The van der Waals surface area contributed by atoms with E-state index in [1.54, 1.807) is 0 Å². The Balaban J connectivity index is 1.85. The molecule has 1 saturated heterocycles. The summed E-state index contributed by atoms with van der Waals surface area (Å²) in [5, 5.41) is 6.18. The molecule has 0 spiro atoms. The van der Waals surface area contributed by atoms with E-state index < -0.39 is 0 Å². The van der Waals surface area contributed by atoms with Crippen LogP contribution < -0.4 is 10.6 Å². The molecule has 26 heavy (non-hydrogen) atoms. The van der Waals surface area contributed by atoms with E-state index in [-0.39, 0.29) is 11.8 Å². The fourth-order valence-corrected chi connectivity index (χ4v) is 3.66. The van der Waals surface area contributed by atoms with E-state index in [0.717, 1.165) is 36.2 Å². The third-order valence-corrected chi connectivity index (χ3v) is 5.03. The molecular formula is C22H26N2O2. The lowest BCUT2D eigenvalue weighted by atomic mass is 9.86. The van der Waals surface area contributed by atoms with Crippen LogP contribution in [0.2, 0.25) is 0 Å². The van der Waals surface area contributed by atoms with Gasteiger partial charge in [0.25, 0.3) is 0 Å². The Morgan fingerprint density at radius 1 is 1.23 bits per heavy atom. The Morgan fingerprint density at radius 2 is 2.04 bits per heavy atom. The number of hydrogen-bond donors (Lipinski definition) is 2. The number of aryl methyl sites for hydroxylation is 1. The number of nitrogens with one attached hydrogen (secondary N) is 2. The number of amides is 1. The maximum atomic E-state index is 12.3. The van der Waals surface area contributed by atoms with Gasteiger partial charge in [-0.15, -0.1) is 0 Å². The first-order valence-electron chi connectivity index (χ1n) is 9.23. The van der Waals surface area contributed by atoms with Crippen molar-refractivity contribution in [1.29, 1.82) is 0 Å². The average molecular weight is 350 g/mol. The SMILES string of the molecule is CC(=O)NCCc1ccccc1-c1ccc(C2CNCCC2=O)c(C)c1. The summed E-state index contributed by atoms with van der Waals surface area (Å²) < 4.78 is 0. The van der Waals surface area contributed by atoms with Crippen LogP contribution in [-0.2, 0) is 16.0 Å². The van der Waals surface area contributed by atoms with E-state index in [2.05, 4.69) is 47.9 Å². The molecular weight excluding hydrogens is 324 g/mol. The van der Waals surface area contributed by atoms with Crippen molar-refractivity contribution in [2.75, 3.05) is 19.6 Å². The summed E-state index contributed by atoms with van der Waals surface area (Å²) in [6.45, 7) is 5.77. The largest absolute Gasteiger partial charge is 0.356 e. The highest BCUT2D eigenvalue weighted by Gasteiger charge is 2.25. The molecule has 0 bridgehead atoms. The van der Waals surface area contributed by atoms with Crippen molar-refractivity contribution in [2.24, 2.45) is 0 Å². The lowest BCUT2D eigenvalue weighted by molar-refractivity contribution is -0.121. The maximum absolute atomic E-state index is 12.3. The molecule has 4 heteroatoms. The predicted octanol–water partition coefficient (Wildman–Crippen LogP) is 2.99. The van der Waals surface area contributed by atoms with Crippen molar-refractivity contribution in [3.8, 4) is 11.1 Å². The Labute approximate surface area is 155 Å². The van der Waals surface area contributed by atoms with Gasteiger partial charge in [0.1, 0.15) is 5.78 Å². The molecule has 1 aliphatic heterocycles. The standard InChI is InChI=1S/C22H26N2O2/c1-15-13-18(7-8-19(15)21-14-23-11-10-22(21)26)20-6-4-3-5-17(20)9-12-24-16(2)25/h3-8,13,21,23H,9-12,14H2,1-2H3,(H,24,25). The molecule has 4 nitrogen and oxygen atoms in total. The van der Waals surface area contributed by atoms with Crippen LogP contribution in [-0.4, -0.2) is 31.3 Å². The van der Waals surface area contributed by atoms with Crippen molar-refractivity contribution in [2.45, 2.75) is 32.6 Å². The molecule has 1 unspecified atom stereocenters. The van der Waals surface area contributed by atoms with Gasteiger partial charge in [0, 0.05) is 33.0 Å². The first-order valence-corrected chi connectivity index (χ1v) is 9.23. The van der Waals surface area contributed by atoms with Crippen LogP contribution in [0.3, 0.4) is 0 Å². The lowest BCUT2D eigenvalue weighted by Crippen LogP contribution is -2.35. The van der Waals surface area contributed by atoms with Crippen LogP contribution in [0.4, 0.5) is 0 Å². The predicted molar refractivity (Wildman–Crippen MR) is 104 cm³/mol. The van der Waals surface area contributed by atoms with Gasteiger partial charge in [-0.2, -0.15) is 0 Å². The van der Waals surface area contributed by atoms with Crippen LogP contribution in [0.25, 0.3) is 11.1 Å². The zero-order valence-electron chi connectivity index (χ0n) is 15.5. The second kappa shape index (κ2) is 8.28. The van der Waals surface area contributed by atoms with Crippen LogP contribution in [0.5, 0.6) is 0 Å². The summed E-state index contributed by atoms with van der Waals surface area (Å²) in [5.41, 5.74) is 5.83. The molecule has 3 rings (SSSR count). The molecule has 1 amide bonds. The monoisotopic (exact) mass is 350 g/mol. The van der Waals surface area contributed by atoms with Crippen molar-refractivity contribution in [3.05, 3.63) is 59.2 Å². The molecule has 0 aromatic heterocycles. The van der Waals surface area contributed by atoms with Gasteiger partial charge in [0.15, 0.2) is 0 Å². The van der Waals surface area contributed by atoms with Gasteiger partial charge < -0.3 is 10.6 Å². The van der Waals surface area contributed by atoms with Crippen molar-refractivity contribution in [3.63, 3.8) is 0 Å². The van der Waals surface area contributed by atoms with Crippen LogP contribution in [0, 0.1) is 6.92 Å². The molecule has 1 aliphatic rings. The molecule has 0 aliphatic carbocycles. The Bertz CT molecular complexity index is 814. The highest BCUT2D eigenvalue weighted by atomic mass is 16.1.